The molecular weight excluding hydrogens is 386 g/mol. The number of carbonyl (C=O) groups excluding carboxylic acids is 1. The maximum absolute atomic E-state index is 13.2. The van der Waals surface area contributed by atoms with E-state index in [2.05, 4.69) is 10.3 Å². The van der Waals surface area contributed by atoms with Crippen molar-refractivity contribution < 1.29 is 23.2 Å². The highest BCUT2D eigenvalue weighted by molar-refractivity contribution is 6.56. The monoisotopic (exact) mass is 412 g/mol. The van der Waals surface area contributed by atoms with E-state index in [0.717, 1.165) is 5.56 Å². The van der Waals surface area contributed by atoms with Gasteiger partial charge in [0, 0.05) is 12.7 Å². The predicted molar refractivity (Wildman–Crippen MR) is 113 cm³/mol. The standard InChI is InChI=1S/C22H26BFN2O4/c1-21(2)22(3,4)30-23(29-21)18(12-17-10-11-19(24)25-13-17)14-26-20(27)28-15-16-8-6-5-7-9-16/h5-13H,14-15H2,1-4H3,(H,26,27). The second-order valence-electron chi connectivity index (χ2n) is 8.14. The van der Waals surface area contributed by atoms with Gasteiger partial charge in [0.05, 0.1) is 11.2 Å². The van der Waals surface area contributed by atoms with Crippen LogP contribution in [0.3, 0.4) is 0 Å². The maximum Gasteiger partial charge on any atom is 0.492 e. The van der Waals surface area contributed by atoms with Crippen LogP contribution >= 0.6 is 0 Å². The number of nitrogens with zero attached hydrogens (tertiary/aromatic N) is 1. The Bertz CT molecular complexity index is 885. The normalized spacial score (nSPS) is 17.6. The average molecular weight is 412 g/mol. The molecule has 1 N–H and O–H groups in total. The van der Waals surface area contributed by atoms with Crippen molar-refractivity contribution in [1.29, 1.82) is 0 Å². The molecule has 2 heterocycles. The summed E-state index contributed by atoms with van der Waals surface area (Å²) in [6, 6.07) is 12.3. The number of hydrogen-bond acceptors (Lipinski definition) is 5. The van der Waals surface area contributed by atoms with Gasteiger partial charge < -0.3 is 19.4 Å². The molecule has 1 aliphatic rings. The molecule has 158 valence electrons. The fraction of sp³-hybridized carbons (Fsp3) is 0.364. The van der Waals surface area contributed by atoms with Crippen molar-refractivity contribution in [1.82, 2.24) is 10.3 Å². The number of rotatable bonds is 6. The summed E-state index contributed by atoms with van der Waals surface area (Å²) in [5.41, 5.74) is 1.16. The summed E-state index contributed by atoms with van der Waals surface area (Å²) in [5.74, 6) is -0.563. The van der Waals surface area contributed by atoms with Gasteiger partial charge in [-0.2, -0.15) is 4.39 Å². The van der Waals surface area contributed by atoms with Crippen molar-refractivity contribution in [2.75, 3.05) is 6.54 Å². The summed E-state index contributed by atoms with van der Waals surface area (Å²) in [4.78, 5) is 15.9. The van der Waals surface area contributed by atoms with E-state index in [1.165, 1.54) is 12.3 Å². The van der Waals surface area contributed by atoms with Crippen molar-refractivity contribution in [3.8, 4) is 0 Å². The Balaban J connectivity index is 1.70. The second kappa shape index (κ2) is 8.98. The van der Waals surface area contributed by atoms with Crippen molar-refractivity contribution in [3.05, 3.63) is 71.2 Å². The van der Waals surface area contributed by atoms with Crippen LogP contribution in [0.1, 0.15) is 38.8 Å². The first-order chi connectivity index (χ1) is 14.2. The van der Waals surface area contributed by atoms with Crippen LogP contribution in [0.25, 0.3) is 6.08 Å². The van der Waals surface area contributed by atoms with Crippen LogP contribution in [0.5, 0.6) is 0 Å². The Kier molecular flexibility index (Phi) is 6.58. The first-order valence-electron chi connectivity index (χ1n) is 9.78. The van der Waals surface area contributed by atoms with Gasteiger partial charge in [0.15, 0.2) is 0 Å². The van der Waals surface area contributed by atoms with E-state index in [-0.39, 0.29) is 13.2 Å². The Morgan fingerprint density at radius 1 is 1.13 bits per heavy atom. The molecule has 1 amide bonds. The van der Waals surface area contributed by atoms with E-state index in [0.29, 0.717) is 11.0 Å². The molecule has 30 heavy (non-hydrogen) atoms. The molecule has 6 nitrogen and oxygen atoms in total. The van der Waals surface area contributed by atoms with Gasteiger partial charge in [-0.05, 0) is 56.4 Å². The lowest BCUT2D eigenvalue weighted by atomic mass is 9.77. The zero-order chi connectivity index (χ0) is 21.8. The number of nitrogens with one attached hydrogen (secondary N) is 1. The fourth-order valence-corrected chi connectivity index (χ4v) is 2.83. The molecule has 1 fully saturated rings. The molecule has 8 heteroatoms. The summed E-state index contributed by atoms with van der Waals surface area (Å²) < 4.78 is 30.6. The van der Waals surface area contributed by atoms with E-state index in [9.17, 15) is 9.18 Å². The Hall–Kier alpha value is -2.71. The smallest absolute Gasteiger partial charge is 0.445 e. The molecule has 0 atom stereocenters. The molecule has 0 radical (unpaired) electrons. The highest BCUT2D eigenvalue weighted by Gasteiger charge is 2.52. The number of pyridine rings is 1. The highest BCUT2D eigenvalue weighted by atomic mass is 19.1. The average Bonchev–Trinajstić information content (AvgIpc) is 2.93. The van der Waals surface area contributed by atoms with Crippen LogP contribution in [0.4, 0.5) is 9.18 Å². The molecule has 0 bridgehead atoms. The third-order valence-corrected chi connectivity index (χ3v) is 5.31. The molecule has 2 aromatic rings. The number of aromatic nitrogens is 1. The summed E-state index contributed by atoms with van der Waals surface area (Å²) in [7, 11) is -0.672. The molecule has 0 unspecified atom stereocenters. The molecule has 3 rings (SSSR count). The third-order valence-electron chi connectivity index (χ3n) is 5.31. The molecule has 0 spiro atoms. The van der Waals surface area contributed by atoms with Crippen LogP contribution in [0.2, 0.25) is 0 Å². The van der Waals surface area contributed by atoms with Gasteiger partial charge in [-0.15, -0.1) is 0 Å². The lowest BCUT2D eigenvalue weighted by Gasteiger charge is -2.32. The maximum atomic E-state index is 13.2. The molecule has 1 aromatic heterocycles. The minimum atomic E-state index is -0.672. The van der Waals surface area contributed by atoms with Crippen molar-refractivity contribution in [2.45, 2.75) is 45.5 Å². The minimum Gasteiger partial charge on any atom is -0.445 e. The Labute approximate surface area is 176 Å². The highest BCUT2D eigenvalue weighted by Crippen LogP contribution is 2.38. The number of alkyl carbamates (subject to hydrolysis) is 1. The molecule has 0 aliphatic carbocycles. The zero-order valence-electron chi connectivity index (χ0n) is 17.6. The predicted octanol–water partition coefficient (Wildman–Crippen LogP) is 4.16. The van der Waals surface area contributed by atoms with Crippen LogP contribution in [-0.2, 0) is 20.7 Å². The number of benzene rings is 1. The molecule has 1 aliphatic heterocycles. The SMILES string of the molecule is CC1(C)OB(C(=Cc2ccc(F)nc2)CNC(=O)OCc2ccccc2)OC1(C)C. The molecule has 0 saturated carbocycles. The summed E-state index contributed by atoms with van der Waals surface area (Å²) >= 11 is 0. The lowest BCUT2D eigenvalue weighted by Crippen LogP contribution is -2.41. The van der Waals surface area contributed by atoms with E-state index in [4.69, 9.17) is 14.0 Å². The Morgan fingerprint density at radius 2 is 1.80 bits per heavy atom. The van der Waals surface area contributed by atoms with E-state index in [1.807, 2.05) is 58.0 Å². The van der Waals surface area contributed by atoms with E-state index in [1.54, 1.807) is 12.1 Å². The van der Waals surface area contributed by atoms with Crippen molar-refractivity contribution in [2.24, 2.45) is 0 Å². The van der Waals surface area contributed by atoms with Gasteiger partial charge in [0.2, 0.25) is 5.95 Å². The molecule has 1 aromatic carbocycles. The topological polar surface area (TPSA) is 69.7 Å². The van der Waals surface area contributed by atoms with Gasteiger partial charge in [-0.1, -0.05) is 36.4 Å². The molecular formula is C22H26BFN2O4. The van der Waals surface area contributed by atoms with Crippen molar-refractivity contribution >= 4 is 19.3 Å². The third kappa shape index (κ3) is 5.46. The minimum absolute atomic E-state index is 0.141. The van der Waals surface area contributed by atoms with Gasteiger partial charge in [0.25, 0.3) is 0 Å². The van der Waals surface area contributed by atoms with Crippen molar-refractivity contribution in [3.63, 3.8) is 0 Å². The number of amides is 1. The lowest BCUT2D eigenvalue weighted by molar-refractivity contribution is 0.00578. The summed E-state index contributed by atoms with van der Waals surface area (Å²) in [6.45, 7) is 8.11. The van der Waals surface area contributed by atoms with Crippen LogP contribution < -0.4 is 5.32 Å². The first-order valence-corrected chi connectivity index (χ1v) is 9.78. The van der Waals surface area contributed by atoms with Crippen LogP contribution in [0, 0.1) is 5.95 Å². The fourth-order valence-electron chi connectivity index (χ4n) is 2.83. The second-order valence-corrected chi connectivity index (χ2v) is 8.14. The van der Waals surface area contributed by atoms with E-state index >= 15 is 0 Å². The largest absolute Gasteiger partial charge is 0.492 e. The number of ether oxygens (including phenoxy) is 1. The van der Waals surface area contributed by atoms with E-state index < -0.39 is 30.4 Å². The van der Waals surface area contributed by atoms with Gasteiger partial charge in [-0.3, -0.25) is 0 Å². The number of halogens is 1. The quantitative estimate of drug-likeness (QED) is 0.570. The van der Waals surface area contributed by atoms with Gasteiger partial charge in [0.1, 0.15) is 6.61 Å². The molecule has 1 saturated heterocycles. The zero-order valence-corrected chi connectivity index (χ0v) is 17.6. The summed E-state index contributed by atoms with van der Waals surface area (Å²) in [5, 5.41) is 2.73. The van der Waals surface area contributed by atoms with Gasteiger partial charge >= 0.3 is 13.2 Å². The summed E-state index contributed by atoms with van der Waals surface area (Å²) in [6.07, 6.45) is 2.62. The van der Waals surface area contributed by atoms with Gasteiger partial charge in [-0.25, -0.2) is 9.78 Å². The number of carbonyl (C=O) groups is 1. The number of hydrogen-bond donors (Lipinski definition) is 1. The van der Waals surface area contributed by atoms with Crippen LogP contribution in [-0.4, -0.2) is 35.9 Å². The Morgan fingerprint density at radius 3 is 2.40 bits per heavy atom. The first kappa shape index (κ1) is 22.0. The van der Waals surface area contributed by atoms with Crippen LogP contribution in [0.15, 0.2) is 54.1 Å².